The third-order valence-electron chi connectivity index (χ3n) is 5.39. The zero-order chi connectivity index (χ0) is 24.6. The van der Waals surface area contributed by atoms with Crippen LogP contribution in [0.15, 0.2) is 94.7 Å². The number of fused-ring (bicyclic) bond motifs is 1. The van der Waals surface area contributed by atoms with Gasteiger partial charge in [-0.1, -0.05) is 60.1 Å². The van der Waals surface area contributed by atoms with Crippen LogP contribution in [0.2, 0.25) is 5.15 Å². The highest BCUT2D eigenvalue weighted by Crippen LogP contribution is 2.33. The van der Waals surface area contributed by atoms with Crippen molar-refractivity contribution in [2.24, 2.45) is 0 Å². The number of benzene rings is 2. The van der Waals surface area contributed by atoms with Crippen LogP contribution >= 0.6 is 11.6 Å². The van der Waals surface area contributed by atoms with Crippen LogP contribution in [0.1, 0.15) is 5.69 Å². The first kappa shape index (κ1) is 22.8. The number of aromatic amines is 1. The third-order valence-corrected chi connectivity index (χ3v) is 6.88. The minimum absolute atomic E-state index is 0.158. The molecule has 35 heavy (non-hydrogen) atoms. The smallest absolute Gasteiger partial charge is 0.277 e. The molecule has 0 saturated heterocycles. The molecule has 0 unspecified atom stereocenters. The summed E-state index contributed by atoms with van der Waals surface area (Å²) in [6, 6.07) is 24.2. The van der Waals surface area contributed by atoms with E-state index in [2.05, 4.69) is 14.7 Å². The maximum Gasteiger partial charge on any atom is 0.277 e. The number of sulfonamides is 1. The van der Waals surface area contributed by atoms with E-state index in [4.69, 9.17) is 16.6 Å². The van der Waals surface area contributed by atoms with E-state index < -0.39 is 15.5 Å². The molecule has 0 fully saturated rings. The first-order valence-electron chi connectivity index (χ1n) is 10.7. The van der Waals surface area contributed by atoms with Gasteiger partial charge in [-0.05, 0) is 42.8 Å². The Hall–Kier alpha value is -4.01. The van der Waals surface area contributed by atoms with Gasteiger partial charge in [-0.3, -0.25) is 9.52 Å². The summed E-state index contributed by atoms with van der Waals surface area (Å²) in [5.41, 5.74) is 3.58. The Morgan fingerprint density at radius 3 is 2.23 bits per heavy atom. The molecule has 0 amide bonds. The van der Waals surface area contributed by atoms with Gasteiger partial charge < -0.3 is 4.98 Å². The summed E-state index contributed by atoms with van der Waals surface area (Å²) in [5, 5.41) is 0.297. The Morgan fingerprint density at radius 1 is 0.857 bits per heavy atom. The molecule has 0 radical (unpaired) electrons. The van der Waals surface area contributed by atoms with Crippen molar-refractivity contribution in [2.75, 3.05) is 4.72 Å². The molecule has 0 aliphatic heterocycles. The molecule has 174 valence electrons. The predicted molar refractivity (Wildman–Crippen MR) is 138 cm³/mol. The van der Waals surface area contributed by atoms with E-state index in [1.165, 1.54) is 0 Å². The van der Waals surface area contributed by atoms with Gasteiger partial charge in [-0.15, -0.1) is 0 Å². The predicted octanol–water partition coefficient (Wildman–Crippen LogP) is 5.41. The number of hydrogen-bond acceptors (Lipinski definition) is 5. The summed E-state index contributed by atoms with van der Waals surface area (Å²) in [5.74, 6) is 0. The number of hydrogen-bond donors (Lipinski definition) is 2. The van der Waals surface area contributed by atoms with Crippen molar-refractivity contribution in [3.63, 3.8) is 0 Å². The lowest BCUT2D eigenvalue weighted by Crippen LogP contribution is -2.18. The van der Waals surface area contributed by atoms with Crippen molar-refractivity contribution in [1.29, 1.82) is 0 Å². The Morgan fingerprint density at radius 2 is 1.54 bits per heavy atom. The molecule has 0 spiro atoms. The molecule has 0 bridgehead atoms. The average molecular weight is 503 g/mol. The molecule has 5 aromatic rings. The van der Waals surface area contributed by atoms with Gasteiger partial charge in [-0.25, -0.2) is 9.97 Å². The average Bonchev–Trinajstić information content (AvgIpc) is 2.83. The Kier molecular flexibility index (Phi) is 5.84. The molecule has 2 aromatic carbocycles. The highest BCUT2D eigenvalue weighted by Gasteiger charge is 2.20. The Labute approximate surface area is 206 Å². The van der Waals surface area contributed by atoms with Crippen LogP contribution in [0.5, 0.6) is 0 Å². The summed E-state index contributed by atoms with van der Waals surface area (Å²) < 4.78 is 28.4. The van der Waals surface area contributed by atoms with E-state index in [0.717, 1.165) is 17.2 Å². The number of anilines is 1. The van der Waals surface area contributed by atoms with Crippen molar-refractivity contribution in [3.8, 4) is 22.4 Å². The van der Waals surface area contributed by atoms with Crippen LogP contribution in [0.3, 0.4) is 0 Å². The van der Waals surface area contributed by atoms with Gasteiger partial charge in [0.15, 0.2) is 10.5 Å². The second-order valence-corrected chi connectivity index (χ2v) is 9.97. The normalized spacial score (nSPS) is 11.5. The summed E-state index contributed by atoms with van der Waals surface area (Å²) in [6.07, 6.45) is 0. The fourth-order valence-corrected chi connectivity index (χ4v) is 5.13. The zero-order valence-corrected chi connectivity index (χ0v) is 20.1. The molecule has 7 nitrogen and oxygen atoms in total. The molecule has 0 aliphatic carbocycles. The number of rotatable bonds is 5. The number of para-hydroxylation sites is 1. The van der Waals surface area contributed by atoms with Crippen molar-refractivity contribution >= 4 is 38.3 Å². The molecule has 3 aromatic heterocycles. The van der Waals surface area contributed by atoms with Crippen LogP contribution in [-0.2, 0) is 10.0 Å². The lowest BCUT2D eigenvalue weighted by molar-refractivity contribution is 0.598. The van der Waals surface area contributed by atoms with Crippen molar-refractivity contribution in [2.45, 2.75) is 11.9 Å². The van der Waals surface area contributed by atoms with E-state index in [9.17, 15) is 13.2 Å². The Balaban J connectivity index is 1.73. The highest BCUT2D eigenvalue weighted by atomic mass is 35.5. The maximum atomic E-state index is 13.1. The number of H-pyrrole nitrogens is 1. The molecule has 3 heterocycles. The molecule has 0 aliphatic rings. The van der Waals surface area contributed by atoms with Crippen molar-refractivity contribution < 1.29 is 8.42 Å². The first-order valence-corrected chi connectivity index (χ1v) is 12.5. The number of aryl methyl sites for hydroxylation is 1. The van der Waals surface area contributed by atoms with Gasteiger partial charge in [0.25, 0.3) is 10.0 Å². The number of nitrogens with zero attached hydrogens (tertiary/aromatic N) is 2. The standard InChI is InChI=1S/C26H19ClN4O3S/c1-16-12-18(13-23(27)28-16)20-14-21-22(32)15-24(35(33,34)31-19-10-6-3-7-11-19)29-26(21)30-25(20)17-8-4-2-5-9-17/h2-15,31H,1H3,(H,29,30,32). The topological polar surface area (TPSA) is 105 Å². The lowest BCUT2D eigenvalue weighted by Gasteiger charge is -2.13. The first-order chi connectivity index (χ1) is 16.8. The second-order valence-electron chi connectivity index (χ2n) is 7.94. The van der Waals surface area contributed by atoms with Crippen molar-refractivity contribution in [3.05, 3.63) is 106 Å². The van der Waals surface area contributed by atoms with Crippen LogP contribution < -0.4 is 10.2 Å². The lowest BCUT2D eigenvalue weighted by atomic mass is 9.98. The van der Waals surface area contributed by atoms with Gasteiger partial charge in [0, 0.05) is 28.6 Å². The number of halogens is 1. The minimum Gasteiger partial charge on any atom is -0.329 e. The van der Waals surface area contributed by atoms with Crippen LogP contribution in [0.4, 0.5) is 5.69 Å². The largest absolute Gasteiger partial charge is 0.329 e. The van der Waals surface area contributed by atoms with Gasteiger partial charge in [0.2, 0.25) is 0 Å². The molecule has 2 N–H and O–H groups in total. The molecule has 0 saturated carbocycles. The molecule has 5 rings (SSSR count). The van der Waals surface area contributed by atoms with Gasteiger partial charge in [0.05, 0.1) is 11.1 Å². The summed E-state index contributed by atoms with van der Waals surface area (Å²) in [6.45, 7) is 1.83. The van der Waals surface area contributed by atoms with E-state index in [-0.39, 0.29) is 16.1 Å². The fourth-order valence-electron chi connectivity index (χ4n) is 3.83. The number of pyridine rings is 3. The zero-order valence-electron chi connectivity index (χ0n) is 18.5. The summed E-state index contributed by atoms with van der Waals surface area (Å²) >= 11 is 6.21. The minimum atomic E-state index is -4.05. The molecular formula is C26H19ClN4O3S. The van der Waals surface area contributed by atoms with Crippen LogP contribution in [-0.4, -0.2) is 23.4 Å². The Bertz CT molecular complexity index is 1700. The second kappa shape index (κ2) is 8.98. The number of nitrogens with one attached hydrogen (secondary N) is 2. The van der Waals surface area contributed by atoms with E-state index in [0.29, 0.717) is 27.8 Å². The summed E-state index contributed by atoms with van der Waals surface area (Å²) in [4.78, 5) is 24.8. The van der Waals surface area contributed by atoms with Gasteiger partial charge in [-0.2, -0.15) is 8.42 Å². The third kappa shape index (κ3) is 4.66. The number of aromatic nitrogens is 3. The van der Waals surface area contributed by atoms with Crippen LogP contribution in [0, 0.1) is 6.92 Å². The van der Waals surface area contributed by atoms with E-state index >= 15 is 0 Å². The summed E-state index contributed by atoms with van der Waals surface area (Å²) in [7, 11) is -4.05. The van der Waals surface area contributed by atoms with E-state index in [1.807, 2.05) is 43.3 Å². The fraction of sp³-hybridized carbons (Fsp3) is 0.0385. The van der Waals surface area contributed by atoms with Crippen LogP contribution in [0.25, 0.3) is 33.4 Å². The van der Waals surface area contributed by atoms with Gasteiger partial charge >= 0.3 is 0 Å². The maximum absolute atomic E-state index is 13.1. The molecular weight excluding hydrogens is 484 g/mol. The van der Waals surface area contributed by atoms with Crippen molar-refractivity contribution in [1.82, 2.24) is 15.0 Å². The highest BCUT2D eigenvalue weighted by molar-refractivity contribution is 7.92. The SMILES string of the molecule is Cc1cc(-c2cc3c(=O)cc(S(=O)(=O)Nc4ccccc4)[nH]c3nc2-c2ccccc2)cc(Cl)n1. The quantitative estimate of drug-likeness (QED) is 0.312. The van der Waals surface area contributed by atoms with E-state index in [1.54, 1.807) is 42.5 Å². The molecule has 9 heteroatoms. The van der Waals surface area contributed by atoms with Gasteiger partial charge in [0.1, 0.15) is 10.8 Å². The molecule has 0 atom stereocenters. The monoisotopic (exact) mass is 502 g/mol.